The number of aryl methyl sites for hydroxylation is 1. The van der Waals surface area contributed by atoms with Gasteiger partial charge < -0.3 is 20.1 Å². The van der Waals surface area contributed by atoms with Gasteiger partial charge in [-0.2, -0.15) is 11.8 Å². The lowest BCUT2D eigenvalue weighted by molar-refractivity contribution is -0.109. The largest absolute Gasteiger partial charge is 0.400 e. The monoisotopic (exact) mass is 556 g/mol. The standard InChI is InChI=1S/C31H32N4O2S.CH4O/c1-23-8-6-7-11-27(23)29-18-25(12-13-28(29)31(37)34-26(22-36)14-17-38-2)21-35(30-19-32-15-16-33-30)20-24-9-4-3-5-10-24;1-2/h3-13,15-16,18-19,22,26H,14,17,20-21H2,1-2H3,(H,34,37);2H,1H3. The van der Waals surface area contributed by atoms with Gasteiger partial charge in [-0.05, 0) is 65.3 Å². The van der Waals surface area contributed by atoms with Gasteiger partial charge in [0.05, 0.1) is 12.2 Å². The molecule has 0 saturated heterocycles. The van der Waals surface area contributed by atoms with Crippen molar-refractivity contribution in [1.82, 2.24) is 15.3 Å². The van der Waals surface area contributed by atoms with Crippen LogP contribution in [-0.2, 0) is 17.9 Å². The minimum Gasteiger partial charge on any atom is -0.400 e. The fourth-order valence-electron chi connectivity index (χ4n) is 4.35. The zero-order valence-electron chi connectivity index (χ0n) is 23.2. The smallest absolute Gasteiger partial charge is 0.252 e. The third-order valence-corrected chi connectivity index (χ3v) is 6.98. The normalized spacial score (nSPS) is 11.1. The number of aromatic nitrogens is 2. The zero-order chi connectivity index (χ0) is 28.7. The minimum absolute atomic E-state index is 0.247. The van der Waals surface area contributed by atoms with Crippen LogP contribution in [0.4, 0.5) is 5.82 Å². The molecule has 1 unspecified atom stereocenters. The van der Waals surface area contributed by atoms with Gasteiger partial charge in [-0.1, -0.05) is 60.7 Å². The number of nitrogens with one attached hydrogen (secondary N) is 1. The Kier molecular flexibility index (Phi) is 12.3. The van der Waals surface area contributed by atoms with Crippen LogP contribution in [0.2, 0.25) is 0 Å². The Bertz CT molecular complexity index is 1350. The topological polar surface area (TPSA) is 95.4 Å². The average Bonchev–Trinajstić information content (AvgIpc) is 3.01. The third-order valence-electron chi connectivity index (χ3n) is 6.34. The Morgan fingerprint density at radius 2 is 1.70 bits per heavy atom. The summed E-state index contributed by atoms with van der Waals surface area (Å²) in [7, 11) is 1.00. The van der Waals surface area contributed by atoms with Gasteiger partial charge in [0, 0.05) is 38.2 Å². The van der Waals surface area contributed by atoms with Crippen LogP contribution in [0.3, 0.4) is 0 Å². The van der Waals surface area contributed by atoms with Gasteiger partial charge in [0.25, 0.3) is 5.91 Å². The first-order valence-electron chi connectivity index (χ1n) is 13.0. The maximum Gasteiger partial charge on any atom is 0.252 e. The zero-order valence-corrected chi connectivity index (χ0v) is 24.0. The second-order valence-electron chi connectivity index (χ2n) is 9.10. The maximum atomic E-state index is 13.4. The van der Waals surface area contributed by atoms with Crippen LogP contribution in [-0.4, -0.2) is 52.4 Å². The summed E-state index contributed by atoms with van der Waals surface area (Å²) in [6.45, 7) is 3.29. The number of thioether (sulfide) groups is 1. The van der Waals surface area contributed by atoms with E-state index in [0.717, 1.165) is 47.2 Å². The summed E-state index contributed by atoms with van der Waals surface area (Å²) in [4.78, 5) is 36.0. The van der Waals surface area contributed by atoms with E-state index >= 15 is 0 Å². The summed E-state index contributed by atoms with van der Waals surface area (Å²) < 4.78 is 0. The minimum atomic E-state index is -0.516. The highest BCUT2D eigenvalue weighted by Gasteiger charge is 2.19. The van der Waals surface area contributed by atoms with Crippen molar-refractivity contribution in [3.63, 3.8) is 0 Å². The second-order valence-corrected chi connectivity index (χ2v) is 10.1. The lowest BCUT2D eigenvalue weighted by Gasteiger charge is -2.24. The molecule has 1 heterocycles. The van der Waals surface area contributed by atoms with E-state index in [-0.39, 0.29) is 5.91 Å². The Labute approximate surface area is 240 Å². The first kappa shape index (κ1) is 30.5. The summed E-state index contributed by atoms with van der Waals surface area (Å²) in [5.74, 6) is 1.33. The summed E-state index contributed by atoms with van der Waals surface area (Å²) in [5, 5.41) is 9.92. The van der Waals surface area contributed by atoms with E-state index in [2.05, 4.69) is 38.4 Å². The van der Waals surface area contributed by atoms with E-state index in [1.165, 1.54) is 5.56 Å². The van der Waals surface area contributed by atoms with Gasteiger partial charge in [0.1, 0.15) is 12.1 Å². The van der Waals surface area contributed by atoms with E-state index in [9.17, 15) is 9.59 Å². The van der Waals surface area contributed by atoms with E-state index in [1.54, 1.807) is 30.4 Å². The highest BCUT2D eigenvalue weighted by Crippen LogP contribution is 2.29. The lowest BCUT2D eigenvalue weighted by Crippen LogP contribution is -2.36. The molecule has 3 aromatic carbocycles. The van der Waals surface area contributed by atoms with Crippen LogP contribution >= 0.6 is 11.8 Å². The van der Waals surface area contributed by atoms with Gasteiger partial charge in [-0.25, -0.2) is 4.98 Å². The SMILES string of the molecule is CO.CSCCC(C=O)NC(=O)c1ccc(CN(Cc2ccccc2)c2cnccn2)cc1-c1ccccc1C. The Balaban J connectivity index is 0.00000216. The van der Waals surface area contributed by atoms with Crippen molar-refractivity contribution in [2.24, 2.45) is 0 Å². The Hall–Kier alpha value is -4.01. The fourth-order valence-corrected chi connectivity index (χ4v) is 4.84. The fraction of sp³-hybridized carbons (Fsp3) is 0.250. The number of anilines is 1. The number of aliphatic hydroxyl groups is 1. The quantitative estimate of drug-likeness (QED) is 0.228. The number of aldehydes is 1. The first-order valence-corrected chi connectivity index (χ1v) is 14.4. The average molecular weight is 557 g/mol. The summed E-state index contributed by atoms with van der Waals surface area (Å²) in [6, 6.07) is 23.7. The van der Waals surface area contributed by atoms with Crippen molar-refractivity contribution >= 4 is 29.8 Å². The molecule has 0 spiro atoms. The summed E-state index contributed by atoms with van der Waals surface area (Å²) in [5.41, 5.74) is 5.65. The highest BCUT2D eigenvalue weighted by molar-refractivity contribution is 7.98. The molecule has 7 nitrogen and oxygen atoms in total. The predicted molar refractivity (Wildman–Crippen MR) is 163 cm³/mol. The van der Waals surface area contributed by atoms with E-state index < -0.39 is 6.04 Å². The van der Waals surface area contributed by atoms with Crippen molar-refractivity contribution in [2.45, 2.75) is 32.5 Å². The number of amides is 1. The molecule has 4 rings (SSSR count). The number of benzene rings is 3. The molecule has 0 radical (unpaired) electrons. The molecule has 0 aliphatic heterocycles. The van der Waals surface area contributed by atoms with Crippen LogP contribution in [0, 0.1) is 6.92 Å². The van der Waals surface area contributed by atoms with Gasteiger partial charge in [0.2, 0.25) is 0 Å². The van der Waals surface area contributed by atoms with Crippen molar-refractivity contribution in [2.75, 3.05) is 24.0 Å². The molecule has 8 heteroatoms. The van der Waals surface area contributed by atoms with Crippen molar-refractivity contribution in [1.29, 1.82) is 0 Å². The van der Waals surface area contributed by atoms with Gasteiger partial charge in [-0.15, -0.1) is 0 Å². The number of hydrogen-bond donors (Lipinski definition) is 2. The summed E-state index contributed by atoms with van der Waals surface area (Å²) in [6.07, 6.45) is 8.53. The molecular formula is C32H36N4O3S. The highest BCUT2D eigenvalue weighted by atomic mass is 32.2. The first-order chi connectivity index (χ1) is 19.6. The maximum absolute atomic E-state index is 13.4. The van der Waals surface area contributed by atoms with Crippen LogP contribution in [0.1, 0.15) is 33.5 Å². The number of rotatable bonds is 12. The van der Waals surface area contributed by atoms with Crippen molar-refractivity contribution in [3.05, 3.63) is 114 Å². The van der Waals surface area contributed by atoms with E-state index in [0.29, 0.717) is 25.1 Å². The second kappa shape index (κ2) is 16.2. The van der Waals surface area contributed by atoms with Gasteiger partial charge >= 0.3 is 0 Å². The molecule has 0 fully saturated rings. The van der Waals surface area contributed by atoms with Crippen LogP contribution in [0.25, 0.3) is 11.1 Å². The van der Waals surface area contributed by atoms with Gasteiger partial charge in [-0.3, -0.25) is 9.78 Å². The number of aliphatic hydroxyl groups excluding tert-OH is 1. The van der Waals surface area contributed by atoms with Crippen LogP contribution in [0.5, 0.6) is 0 Å². The van der Waals surface area contributed by atoms with E-state index in [4.69, 9.17) is 5.11 Å². The number of hydrogen-bond acceptors (Lipinski definition) is 7. The molecule has 208 valence electrons. The molecule has 0 bridgehead atoms. The number of carbonyl (C=O) groups excluding carboxylic acids is 2. The molecule has 0 aliphatic rings. The van der Waals surface area contributed by atoms with Crippen LogP contribution < -0.4 is 10.2 Å². The summed E-state index contributed by atoms with van der Waals surface area (Å²) >= 11 is 1.65. The molecule has 1 atom stereocenters. The molecule has 1 aromatic heterocycles. The van der Waals surface area contributed by atoms with Crippen molar-refractivity contribution < 1.29 is 14.7 Å². The molecule has 0 saturated carbocycles. The number of nitrogens with zero attached hydrogens (tertiary/aromatic N) is 3. The van der Waals surface area contributed by atoms with Crippen molar-refractivity contribution in [3.8, 4) is 11.1 Å². The lowest BCUT2D eigenvalue weighted by atomic mass is 9.93. The van der Waals surface area contributed by atoms with Gasteiger partial charge in [0.15, 0.2) is 0 Å². The third kappa shape index (κ3) is 8.49. The molecular weight excluding hydrogens is 520 g/mol. The van der Waals surface area contributed by atoms with E-state index in [1.807, 2.05) is 67.8 Å². The molecule has 1 amide bonds. The Morgan fingerprint density at radius 1 is 0.975 bits per heavy atom. The molecule has 40 heavy (non-hydrogen) atoms. The molecule has 0 aliphatic carbocycles. The predicted octanol–water partition coefficient (Wildman–Crippen LogP) is 5.32. The number of carbonyl (C=O) groups is 2. The van der Waals surface area contributed by atoms with Crippen LogP contribution in [0.15, 0.2) is 91.4 Å². The Morgan fingerprint density at radius 3 is 2.38 bits per heavy atom. The molecule has 2 N–H and O–H groups in total. The molecule has 4 aromatic rings.